The first-order valence-electron chi connectivity index (χ1n) is 6.02. The fraction of sp³-hybridized carbons (Fsp3) is 0.357. The molecule has 1 aromatic rings. The van der Waals surface area contributed by atoms with Gasteiger partial charge in [0, 0.05) is 6.08 Å². The molecule has 4 heteroatoms. The van der Waals surface area contributed by atoms with Gasteiger partial charge in [-0.3, -0.25) is 0 Å². The van der Waals surface area contributed by atoms with Crippen molar-refractivity contribution in [3.05, 3.63) is 41.5 Å². The lowest BCUT2D eigenvalue weighted by Crippen LogP contribution is -2.10. The summed E-state index contributed by atoms with van der Waals surface area (Å²) >= 11 is 0. The van der Waals surface area contributed by atoms with Crippen LogP contribution in [0.1, 0.15) is 36.1 Å². The average molecular weight is 264 g/mol. The summed E-state index contributed by atoms with van der Waals surface area (Å²) in [5, 5.41) is 0. The molecule has 1 aromatic carbocycles. The highest BCUT2D eigenvalue weighted by atomic mass is 28.2. The van der Waals surface area contributed by atoms with E-state index in [1.807, 2.05) is 32.9 Å². The van der Waals surface area contributed by atoms with Gasteiger partial charge in [-0.05, 0) is 43.0 Å². The predicted octanol–water partition coefficient (Wildman–Crippen LogP) is 2.14. The molecule has 0 aliphatic rings. The number of benzene rings is 1. The molecule has 0 aromatic heterocycles. The van der Waals surface area contributed by atoms with Gasteiger partial charge in [0.25, 0.3) is 0 Å². The van der Waals surface area contributed by atoms with Gasteiger partial charge >= 0.3 is 5.97 Å². The van der Waals surface area contributed by atoms with Crippen molar-refractivity contribution in [2.24, 2.45) is 0 Å². The number of carbonyl (C=O) groups is 1. The Hall–Kier alpha value is -1.55. The Morgan fingerprint density at radius 2 is 2.11 bits per heavy atom. The summed E-state index contributed by atoms with van der Waals surface area (Å²) in [4.78, 5) is 11.3. The van der Waals surface area contributed by atoms with Crippen molar-refractivity contribution in [3.63, 3.8) is 0 Å². The molecule has 1 unspecified atom stereocenters. The standard InChI is InChI=1S/C14H20O3Si/c1-5-12(16-14(15)6-2)11-7-8-13(17-18)10(4)9(11)3/h6-8,12H,2,5H2,1,3-4,18H3. The van der Waals surface area contributed by atoms with Gasteiger partial charge in [0.05, 0.1) is 0 Å². The minimum Gasteiger partial charge on any atom is -0.553 e. The summed E-state index contributed by atoms with van der Waals surface area (Å²) in [6, 6.07) is 3.91. The van der Waals surface area contributed by atoms with E-state index in [9.17, 15) is 4.79 Å². The minimum atomic E-state index is -0.387. The van der Waals surface area contributed by atoms with Crippen LogP contribution in [0, 0.1) is 13.8 Å². The first kappa shape index (κ1) is 14.5. The van der Waals surface area contributed by atoms with Crippen LogP contribution in [0.25, 0.3) is 0 Å². The van der Waals surface area contributed by atoms with Crippen molar-refractivity contribution in [1.82, 2.24) is 0 Å². The Bertz CT molecular complexity index is 455. The van der Waals surface area contributed by atoms with Gasteiger partial charge in [0.15, 0.2) is 0 Å². The average Bonchev–Trinajstić information content (AvgIpc) is 2.39. The van der Waals surface area contributed by atoms with Crippen LogP contribution >= 0.6 is 0 Å². The molecule has 0 bridgehead atoms. The minimum absolute atomic E-state index is 0.225. The number of esters is 1. The van der Waals surface area contributed by atoms with Crippen molar-refractivity contribution < 1.29 is 14.0 Å². The molecule has 0 spiro atoms. The summed E-state index contributed by atoms with van der Waals surface area (Å²) in [6.07, 6.45) is 1.71. The lowest BCUT2D eigenvalue weighted by Gasteiger charge is -2.20. The SMILES string of the molecule is C=CC(=O)OC(CC)c1ccc(O[SiH3])c(C)c1C. The molecule has 18 heavy (non-hydrogen) atoms. The summed E-state index contributed by atoms with van der Waals surface area (Å²) < 4.78 is 10.8. The van der Waals surface area contributed by atoms with E-state index in [0.29, 0.717) is 10.5 Å². The van der Waals surface area contributed by atoms with Crippen molar-refractivity contribution in [3.8, 4) is 5.75 Å². The Morgan fingerprint density at radius 3 is 2.61 bits per heavy atom. The van der Waals surface area contributed by atoms with E-state index in [1.54, 1.807) is 0 Å². The van der Waals surface area contributed by atoms with Crippen LogP contribution in [0.5, 0.6) is 5.75 Å². The zero-order valence-corrected chi connectivity index (χ0v) is 13.4. The third-order valence-electron chi connectivity index (χ3n) is 3.14. The van der Waals surface area contributed by atoms with E-state index in [4.69, 9.17) is 9.16 Å². The molecular weight excluding hydrogens is 244 g/mol. The van der Waals surface area contributed by atoms with Crippen molar-refractivity contribution in [2.45, 2.75) is 33.3 Å². The fourth-order valence-electron chi connectivity index (χ4n) is 1.94. The normalized spacial score (nSPS) is 11.9. The van der Waals surface area contributed by atoms with Crippen LogP contribution < -0.4 is 4.43 Å². The highest BCUT2D eigenvalue weighted by molar-refractivity contribution is 6.00. The second kappa shape index (κ2) is 6.40. The first-order valence-corrected chi connectivity index (χ1v) is 6.83. The van der Waals surface area contributed by atoms with E-state index in [1.165, 1.54) is 6.08 Å². The van der Waals surface area contributed by atoms with Gasteiger partial charge in [0.2, 0.25) is 10.5 Å². The van der Waals surface area contributed by atoms with Gasteiger partial charge in [-0.2, -0.15) is 0 Å². The van der Waals surface area contributed by atoms with E-state index in [0.717, 1.165) is 28.9 Å². The molecule has 3 nitrogen and oxygen atoms in total. The zero-order valence-electron chi connectivity index (χ0n) is 11.4. The van der Waals surface area contributed by atoms with Crippen LogP contribution in [-0.2, 0) is 9.53 Å². The zero-order chi connectivity index (χ0) is 13.7. The lowest BCUT2D eigenvalue weighted by molar-refractivity contribution is -0.143. The molecule has 0 radical (unpaired) electrons. The maximum Gasteiger partial charge on any atom is 0.330 e. The third-order valence-corrected chi connectivity index (χ3v) is 3.58. The van der Waals surface area contributed by atoms with Gasteiger partial charge < -0.3 is 9.16 Å². The highest BCUT2D eigenvalue weighted by Gasteiger charge is 2.17. The fourth-order valence-corrected chi connectivity index (χ4v) is 2.38. The maximum atomic E-state index is 11.3. The number of carbonyl (C=O) groups excluding carboxylic acids is 1. The molecule has 0 N–H and O–H groups in total. The van der Waals surface area contributed by atoms with Crippen LogP contribution in [0.3, 0.4) is 0 Å². The number of hydrogen-bond donors (Lipinski definition) is 0. The van der Waals surface area contributed by atoms with Crippen molar-refractivity contribution >= 4 is 16.5 Å². The van der Waals surface area contributed by atoms with E-state index in [2.05, 4.69) is 6.58 Å². The monoisotopic (exact) mass is 264 g/mol. The van der Waals surface area contributed by atoms with Crippen LogP contribution in [0.15, 0.2) is 24.8 Å². The molecule has 0 heterocycles. The topological polar surface area (TPSA) is 35.5 Å². The van der Waals surface area contributed by atoms with E-state index < -0.39 is 0 Å². The van der Waals surface area contributed by atoms with E-state index in [-0.39, 0.29) is 12.1 Å². The molecule has 1 atom stereocenters. The number of ether oxygens (including phenoxy) is 1. The molecule has 0 saturated heterocycles. The van der Waals surface area contributed by atoms with Crippen LogP contribution in [0.4, 0.5) is 0 Å². The smallest absolute Gasteiger partial charge is 0.330 e. The van der Waals surface area contributed by atoms with Gasteiger partial charge in [0.1, 0.15) is 11.9 Å². The Labute approximate surface area is 111 Å². The Balaban J connectivity index is 3.10. The molecule has 0 fully saturated rings. The second-order valence-electron chi connectivity index (χ2n) is 4.14. The molecule has 1 rings (SSSR count). The first-order chi connectivity index (χ1) is 8.54. The number of hydrogen-bond acceptors (Lipinski definition) is 3. The lowest BCUT2D eigenvalue weighted by atomic mass is 9.97. The Kier molecular flexibility index (Phi) is 5.16. The van der Waals surface area contributed by atoms with Crippen molar-refractivity contribution in [2.75, 3.05) is 0 Å². The third kappa shape index (κ3) is 3.01. The van der Waals surface area contributed by atoms with Gasteiger partial charge in [-0.25, -0.2) is 4.79 Å². The number of rotatable bonds is 5. The van der Waals surface area contributed by atoms with E-state index >= 15 is 0 Å². The van der Waals surface area contributed by atoms with Crippen LogP contribution in [-0.4, -0.2) is 16.5 Å². The molecule has 0 aliphatic carbocycles. The van der Waals surface area contributed by atoms with Gasteiger partial charge in [-0.15, -0.1) is 0 Å². The van der Waals surface area contributed by atoms with Crippen LogP contribution in [0.2, 0.25) is 0 Å². The summed E-state index contributed by atoms with van der Waals surface area (Å²) in [5.41, 5.74) is 3.26. The second-order valence-corrected chi connectivity index (χ2v) is 4.55. The van der Waals surface area contributed by atoms with Gasteiger partial charge in [-0.1, -0.05) is 19.6 Å². The molecule has 0 aliphatic heterocycles. The molecular formula is C14H20O3Si. The highest BCUT2D eigenvalue weighted by Crippen LogP contribution is 2.31. The Morgan fingerprint density at radius 1 is 1.44 bits per heavy atom. The summed E-state index contributed by atoms with van der Waals surface area (Å²) in [7, 11) is 0.668. The summed E-state index contributed by atoms with van der Waals surface area (Å²) in [5.74, 6) is 0.523. The molecule has 0 saturated carbocycles. The maximum absolute atomic E-state index is 11.3. The summed E-state index contributed by atoms with van der Waals surface area (Å²) in [6.45, 7) is 9.46. The van der Waals surface area contributed by atoms with Crippen molar-refractivity contribution in [1.29, 1.82) is 0 Å². The largest absolute Gasteiger partial charge is 0.553 e. The molecule has 98 valence electrons. The quantitative estimate of drug-likeness (QED) is 0.464. The predicted molar refractivity (Wildman–Crippen MR) is 75.8 cm³/mol. The molecule has 0 amide bonds.